The molecule has 5 atom stereocenters. The van der Waals surface area contributed by atoms with E-state index in [1.165, 1.54) is 212 Å². The lowest BCUT2D eigenvalue weighted by molar-refractivity contribution is -0.161. The molecule has 558 valence electrons. The van der Waals surface area contributed by atoms with Crippen LogP contribution in [0.1, 0.15) is 394 Å². The van der Waals surface area contributed by atoms with Crippen LogP contribution in [0.15, 0.2) is 0 Å². The summed E-state index contributed by atoms with van der Waals surface area (Å²) in [5.41, 5.74) is 0. The molecule has 0 heterocycles. The number of carbonyl (C=O) groups is 4. The van der Waals surface area contributed by atoms with Crippen LogP contribution in [0.4, 0.5) is 0 Å². The van der Waals surface area contributed by atoms with E-state index in [2.05, 4.69) is 34.6 Å². The van der Waals surface area contributed by atoms with Crippen molar-refractivity contribution in [3.8, 4) is 0 Å². The molecule has 3 N–H and O–H groups in total. The van der Waals surface area contributed by atoms with Gasteiger partial charge < -0.3 is 33.8 Å². The molecule has 0 spiro atoms. The zero-order valence-corrected chi connectivity index (χ0v) is 62.9. The van der Waals surface area contributed by atoms with Gasteiger partial charge in [-0.15, -0.1) is 0 Å². The summed E-state index contributed by atoms with van der Waals surface area (Å²) in [6.07, 6.45) is 57.1. The van der Waals surface area contributed by atoms with Crippen LogP contribution in [0.3, 0.4) is 0 Å². The number of unbranched alkanes of at least 4 members (excludes halogenated alkanes) is 47. The molecule has 17 nitrogen and oxygen atoms in total. The summed E-state index contributed by atoms with van der Waals surface area (Å²) in [7, 11) is -9.90. The fourth-order valence-corrected chi connectivity index (χ4v) is 13.1. The van der Waals surface area contributed by atoms with E-state index in [0.717, 1.165) is 102 Å². The molecule has 0 rings (SSSR count). The van der Waals surface area contributed by atoms with E-state index < -0.39 is 97.5 Å². The highest BCUT2D eigenvalue weighted by Crippen LogP contribution is 2.45. The van der Waals surface area contributed by atoms with Gasteiger partial charge in [0.25, 0.3) is 0 Å². The molecule has 0 aromatic carbocycles. The summed E-state index contributed by atoms with van der Waals surface area (Å²) >= 11 is 0. The molecule has 94 heavy (non-hydrogen) atoms. The largest absolute Gasteiger partial charge is 0.472 e. The molecule has 0 bridgehead atoms. The van der Waals surface area contributed by atoms with Gasteiger partial charge in [0, 0.05) is 25.7 Å². The number of esters is 4. The van der Waals surface area contributed by atoms with Gasteiger partial charge in [0.15, 0.2) is 12.2 Å². The Bertz CT molecular complexity index is 1810. The third-order valence-electron chi connectivity index (χ3n) is 17.5. The fraction of sp³-hybridized carbons (Fsp3) is 0.947. The van der Waals surface area contributed by atoms with Gasteiger partial charge in [-0.1, -0.05) is 343 Å². The molecular formula is C75H146O17P2. The Labute approximate surface area is 575 Å². The van der Waals surface area contributed by atoms with Crippen molar-refractivity contribution in [2.24, 2.45) is 5.92 Å². The monoisotopic (exact) mass is 1380 g/mol. The Morgan fingerprint density at radius 3 is 0.723 bits per heavy atom. The normalized spacial score (nSPS) is 14.0. The first-order valence-corrected chi connectivity index (χ1v) is 42.1. The maximum Gasteiger partial charge on any atom is 0.472 e. The molecule has 0 aromatic rings. The minimum absolute atomic E-state index is 0.106. The molecule has 0 aromatic heterocycles. The summed E-state index contributed by atoms with van der Waals surface area (Å²) in [5, 5.41) is 10.6. The van der Waals surface area contributed by atoms with Gasteiger partial charge in [0.1, 0.15) is 19.3 Å². The Morgan fingerprint density at radius 1 is 0.287 bits per heavy atom. The molecule has 19 heteroatoms. The van der Waals surface area contributed by atoms with Gasteiger partial charge in [0.2, 0.25) is 0 Å². The molecule has 0 saturated heterocycles. The Hall–Kier alpha value is -1.94. The standard InChI is InChI=1S/C75H146O17P2/c1-6-9-12-15-18-21-22-23-24-25-26-27-28-29-34-37-41-46-51-56-61-75(80)92-71(65-86-73(78)59-54-49-44-40-36-33-31-30-32-35-39-42-47-52-57-68(4)5)67-90-94(83,84)88-63-69(76)62-87-93(81,82)89-66-70(64-85-72(77)58-53-48-43-20-17-14-11-8-3)91-74(79)60-55-50-45-38-19-16-13-10-7-2/h68-71,76H,6-67H2,1-5H3,(H,81,82)(H,83,84)/t69-,70+,71+/m0/s1. The van der Waals surface area contributed by atoms with Gasteiger partial charge >= 0.3 is 39.5 Å². The molecule has 0 fully saturated rings. The van der Waals surface area contributed by atoms with Crippen molar-refractivity contribution in [2.75, 3.05) is 39.6 Å². The molecule has 0 radical (unpaired) electrons. The second-order valence-electron chi connectivity index (χ2n) is 27.5. The quantitative estimate of drug-likeness (QED) is 0.0222. The topological polar surface area (TPSA) is 237 Å². The predicted octanol–water partition coefficient (Wildman–Crippen LogP) is 22.1. The van der Waals surface area contributed by atoms with Crippen LogP contribution >= 0.6 is 15.6 Å². The number of rotatable bonds is 75. The van der Waals surface area contributed by atoms with Crippen molar-refractivity contribution in [1.29, 1.82) is 0 Å². The number of ether oxygens (including phenoxy) is 4. The van der Waals surface area contributed by atoms with Crippen LogP contribution in [0, 0.1) is 5.92 Å². The van der Waals surface area contributed by atoms with E-state index in [1.807, 2.05) is 0 Å². The maximum absolute atomic E-state index is 13.1. The number of aliphatic hydroxyl groups excluding tert-OH is 1. The summed E-state index contributed by atoms with van der Waals surface area (Å²) in [4.78, 5) is 72.6. The highest BCUT2D eigenvalue weighted by Gasteiger charge is 2.30. The maximum atomic E-state index is 13.1. The van der Waals surface area contributed by atoms with E-state index in [4.69, 9.17) is 37.0 Å². The average Bonchev–Trinajstić information content (AvgIpc) is 2.35. The average molecular weight is 1380 g/mol. The second kappa shape index (κ2) is 68.2. The van der Waals surface area contributed by atoms with Crippen molar-refractivity contribution < 1.29 is 80.2 Å². The first kappa shape index (κ1) is 92.1. The third kappa shape index (κ3) is 68.6. The smallest absolute Gasteiger partial charge is 0.462 e. The van der Waals surface area contributed by atoms with Gasteiger partial charge in [-0.05, 0) is 31.6 Å². The molecule has 2 unspecified atom stereocenters. The third-order valence-corrected chi connectivity index (χ3v) is 19.4. The van der Waals surface area contributed by atoms with Crippen molar-refractivity contribution >= 4 is 39.5 Å². The van der Waals surface area contributed by atoms with Crippen molar-refractivity contribution in [3.63, 3.8) is 0 Å². The molecule has 0 aliphatic carbocycles. The van der Waals surface area contributed by atoms with Crippen molar-refractivity contribution in [1.82, 2.24) is 0 Å². The number of hydrogen-bond donors (Lipinski definition) is 3. The van der Waals surface area contributed by atoms with Gasteiger partial charge in [0.05, 0.1) is 26.4 Å². The summed E-state index contributed by atoms with van der Waals surface area (Å²) < 4.78 is 68.3. The number of hydrogen-bond acceptors (Lipinski definition) is 15. The van der Waals surface area contributed by atoms with Gasteiger partial charge in [-0.3, -0.25) is 37.3 Å². The van der Waals surface area contributed by atoms with E-state index in [1.54, 1.807) is 0 Å². The summed E-state index contributed by atoms with van der Waals surface area (Å²) in [5.74, 6) is -1.32. The molecule has 0 aliphatic rings. The van der Waals surface area contributed by atoms with E-state index in [9.17, 15) is 43.2 Å². The first-order chi connectivity index (χ1) is 45.5. The van der Waals surface area contributed by atoms with Crippen LogP contribution in [0.2, 0.25) is 0 Å². The Kier molecular flexibility index (Phi) is 66.8. The van der Waals surface area contributed by atoms with E-state index >= 15 is 0 Å². The Balaban J connectivity index is 5.16. The SMILES string of the molecule is CCCCCCCCCCCCCCCCCCCCCCC(=O)O[C@H](COC(=O)CCCCCCCCCCCCCCCCC(C)C)COP(=O)(O)OC[C@@H](O)COP(=O)(O)OC[C@@H](COC(=O)CCCCCCCCCC)OC(=O)CCCCCCCCCCC. The number of phosphoric acid groups is 2. The van der Waals surface area contributed by atoms with Crippen molar-refractivity contribution in [2.45, 2.75) is 412 Å². The zero-order valence-electron chi connectivity index (χ0n) is 61.1. The molecule has 0 aliphatic heterocycles. The van der Waals surface area contributed by atoms with Crippen LogP contribution in [0.5, 0.6) is 0 Å². The summed E-state index contributed by atoms with van der Waals surface area (Å²) in [6.45, 7) is 7.26. The Morgan fingerprint density at radius 2 is 0.489 bits per heavy atom. The van der Waals surface area contributed by atoms with Gasteiger partial charge in [-0.25, -0.2) is 9.13 Å². The number of phosphoric ester groups is 2. The van der Waals surface area contributed by atoms with E-state index in [0.29, 0.717) is 25.7 Å². The van der Waals surface area contributed by atoms with Crippen LogP contribution in [0.25, 0.3) is 0 Å². The lowest BCUT2D eigenvalue weighted by Crippen LogP contribution is -2.30. The van der Waals surface area contributed by atoms with Crippen molar-refractivity contribution in [3.05, 3.63) is 0 Å². The fourth-order valence-electron chi connectivity index (χ4n) is 11.5. The van der Waals surface area contributed by atoms with Crippen LogP contribution in [-0.2, 0) is 65.4 Å². The molecule has 0 amide bonds. The predicted molar refractivity (Wildman–Crippen MR) is 382 cm³/mol. The number of aliphatic hydroxyl groups is 1. The lowest BCUT2D eigenvalue weighted by Gasteiger charge is -2.21. The second-order valence-corrected chi connectivity index (χ2v) is 30.4. The first-order valence-electron chi connectivity index (χ1n) is 39.1. The highest BCUT2D eigenvalue weighted by atomic mass is 31.2. The molecule has 0 saturated carbocycles. The lowest BCUT2D eigenvalue weighted by atomic mass is 10.0. The minimum atomic E-state index is -4.95. The van der Waals surface area contributed by atoms with Crippen LogP contribution < -0.4 is 0 Å². The minimum Gasteiger partial charge on any atom is -0.462 e. The van der Waals surface area contributed by atoms with E-state index in [-0.39, 0.29) is 25.7 Å². The van der Waals surface area contributed by atoms with Gasteiger partial charge in [-0.2, -0.15) is 0 Å². The molecular weight excluding hydrogens is 1230 g/mol. The highest BCUT2D eigenvalue weighted by molar-refractivity contribution is 7.47. The zero-order chi connectivity index (χ0) is 69.1. The number of carbonyl (C=O) groups excluding carboxylic acids is 4. The summed E-state index contributed by atoms with van der Waals surface area (Å²) in [6, 6.07) is 0. The van der Waals surface area contributed by atoms with Crippen LogP contribution in [-0.4, -0.2) is 96.7 Å².